The van der Waals surface area contributed by atoms with Gasteiger partial charge in [-0.2, -0.15) is 5.10 Å². The zero-order chi connectivity index (χ0) is 17.1. The number of fused-ring (bicyclic) bond motifs is 1. The van der Waals surface area contributed by atoms with Crippen molar-refractivity contribution in [3.8, 4) is 5.75 Å². The Bertz CT molecular complexity index is 926. The van der Waals surface area contributed by atoms with Crippen LogP contribution in [-0.4, -0.2) is 39.4 Å². The van der Waals surface area contributed by atoms with E-state index >= 15 is 0 Å². The molecule has 8 heteroatoms. The number of aromatic nitrogens is 4. The second-order valence-electron chi connectivity index (χ2n) is 4.94. The average Bonchev–Trinajstić information content (AvgIpc) is 2.63. The van der Waals surface area contributed by atoms with Crippen molar-refractivity contribution >= 4 is 34.4 Å². The summed E-state index contributed by atoms with van der Waals surface area (Å²) < 4.78 is 6.57. The molecule has 0 fully saturated rings. The summed E-state index contributed by atoms with van der Waals surface area (Å²) in [6.07, 6.45) is 5.48. The van der Waals surface area contributed by atoms with Gasteiger partial charge in [0, 0.05) is 0 Å². The van der Waals surface area contributed by atoms with Crippen LogP contribution >= 0.6 is 23.5 Å². The second kappa shape index (κ2) is 7.23. The van der Waals surface area contributed by atoms with Crippen LogP contribution in [-0.2, 0) is 6.54 Å². The van der Waals surface area contributed by atoms with Gasteiger partial charge in [0.2, 0.25) is 0 Å². The molecular weight excluding hydrogens is 344 g/mol. The molecule has 0 saturated heterocycles. The van der Waals surface area contributed by atoms with Crippen LogP contribution in [0.4, 0.5) is 0 Å². The Morgan fingerprint density at radius 2 is 1.88 bits per heavy atom. The third-order valence-corrected chi connectivity index (χ3v) is 4.77. The van der Waals surface area contributed by atoms with Crippen LogP contribution in [0.25, 0.3) is 10.9 Å². The third-order valence-electron chi connectivity index (χ3n) is 3.52. The molecule has 24 heavy (non-hydrogen) atoms. The fraction of sp³-hybridized carbons (Fsp3) is 0.250. The zero-order valence-electron chi connectivity index (χ0n) is 13.5. The van der Waals surface area contributed by atoms with Gasteiger partial charge in [0.1, 0.15) is 16.3 Å². The van der Waals surface area contributed by atoms with Gasteiger partial charge < -0.3 is 4.74 Å². The first-order valence-corrected chi connectivity index (χ1v) is 9.60. The van der Waals surface area contributed by atoms with Crippen molar-refractivity contribution in [3.05, 3.63) is 46.4 Å². The van der Waals surface area contributed by atoms with Crippen LogP contribution in [0.3, 0.4) is 0 Å². The lowest BCUT2D eigenvalue weighted by molar-refractivity contribution is 0.414. The van der Waals surface area contributed by atoms with Crippen molar-refractivity contribution in [3.63, 3.8) is 0 Å². The molecule has 0 spiro atoms. The number of hydrogen-bond donors (Lipinski definition) is 0. The van der Waals surface area contributed by atoms with Crippen LogP contribution in [0.1, 0.15) is 5.56 Å². The Morgan fingerprint density at radius 3 is 2.50 bits per heavy atom. The Morgan fingerprint density at radius 1 is 1.12 bits per heavy atom. The largest absolute Gasteiger partial charge is 0.497 e. The molecule has 2 heterocycles. The molecule has 124 valence electrons. The Labute approximate surface area is 147 Å². The SMILES string of the molecule is COc1ccc(Cn2ncc3c(SC)nc(SC)nc3c2=O)cc1. The van der Waals surface area contributed by atoms with Crippen molar-refractivity contribution in [1.29, 1.82) is 0 Å². The highest BCUT2D eigenvalue weighted by molar-refractivity contribution is 7.99. The van der Waals surface area contributed by atoms with Gasteiger partial charge in [0.25, 0.3) is 5.56 Å². The van der Waals surface area contributed by atoms with Crippen molar-refractivity contribution in [2.75, 3.05) is 19.6 Å². The van der Waals surface area contributed by atoms with Crippen molar-refractivity contribution < 1.29 is 4.74 Å². The van der Waals surface area contributed by atoms with Gasteiger partial charge >= 0.3 is 0 Å². The van der Waals surface area contributed by atoms with E-state index in [4.69, 9.17) is 4.74 Å². The van der Waals surface area contributed by atoms with Gasteiger partial charge in [0.15, 0.2) is 5.16 Å². The van der Waals surface area contributed by atoms with E-state index < -0.39 is 0 Å². The molecule has 0 amide bonds. The van der Waals surface area contributed by atoms with Crippen LogP contribution in [0.15, 0.2) is 45.4 Å². The molecule has 3 rings (SSSR count). The maximum Gasteiger partial charge on any atom is 0.293 e. The van der Waals surface area contributed by atoms with E-state index in [1.165, 1.54) is 28.2 Å². The molecular formula is C16H16N4O2S2. The van der Waals surface area contributed by atoms with E-state index in [1.54, 1.807) is 13.3 Å². The summed E-state index contributed by atoms with van der Waals surface area (Å²) >= 11 is 2.90. The van der Waals surface area contributed by atoms with Crippen LogP contribution < -0.4 is 10.3 Å². The molecule has 0 atom stereocenters. The lowest BCUT2D eigenvalue weighted by Crippen LogP contribution is -2.24. The van der Waals surface area contributed by atoms with Gasteiger partial charge in [-0.15, -0.1) is 11.8 Å². The van der Waals surface area contributed by atoms with Gasteiger partial charge in [0.05, 0.1) is 25.2 Å². The minimum Gasteiger partial charge on any atom is -0.497 e. The molecule has 0 aliphatic heterocycles. The smallest absolute Gasteiger partial charge is 0.293 e. The van der Waals surface area contributed by atoms with Gasteiger partial charge in [-0.25, -0.2) is 14.6 Å². The number of rotatable bonds is 5. The quantitative estimate of drug-likeness (QED) is 0.393. The van der Waals surface area contributed by atoms with E-state index in [-0.39, 0.29) is 5.56 Å². The highest BCUT2D eigenvalue weighted by Crippen LogP contribution is 2.23. The fourth-order valence-electron chi connectivity index (χ4n) is 2.27. The molecule has 0 radical (unpaired) electrons. The highest BCUT2D eigenvalue weighted by atomic mass is 32.2. The first kappa shape index (κ1) is 16.8. The van der Waals surface area contributed by atoms with Crippen LogP contribution in [0, 0.1) is 0 Å². The predicted octanol–water partition coefficient (Wildman–Crippen LogP) is 2.69. The molecule has 0 unspecified atom stereocenters. The molecule has 0 aliphatic carbocycles. The number of benzene rings is 1. The summed E-state index contributed by atoms with van der Waals surface area (Å²) in [5.41, 5.74) is 1.16. The maximum atomic E-state index is 12.8. The zero-order valence-corrected chi connectivity index (χ0v) is 15.1. The minimum atomic E-state index is -0.212. The van der Waals surface area contributed by atoms with E-state index in [2.05, 4.69) is 15.1 Å². The van der Waals surface area contributed by atoms with E-state index in [1.807, 2.05) is 36.8 Å². The van der Waals surface area contributed by atoms with Crippen molar-refractivity contribution in [2.24, 2.45) is 0 Å². The first-order chi connectivity index (χ1) is 11.7. The van der Waals surface area contributed by atoms with Crippen LogP contribution in [0.2, 0.25) is 0 Å². The van der Waals surface area contributed by atoms with Gasteiger partial charge in [-0.3, -0.25) is 4.79 Å². The normalized spacial score (nSPS) is 11.0. The average molecular weight is 360 g/mol. The molecule has 1 aromatic carbocycles. The number of nitrogens with zero attached hydrogens (tertiary/aromatic N) is 4. The Hall–Kier alpha value is -2.06. The Balaban J connectivity index is 2.05. The molecule has 0 bridgehead atoms. The van der Waals surface area contributed by atoms with E-state index in [9.17, 15) is 4.79 Å². The molecule has 0 N–H and O–H groups in total. The van der Waals surface area contributed by atoms with Gasteiger partial charge in [-0.05, 0) is 30.2 Å². The summed E-state index contributed by atoms with van der Waals surface area (Å²) in [7, 11) is 1.62. The Kier molecular flexibility index (Phi) is 5.06. The standard InChI is InChI=1S/C16H16N4O2S2/c1-22-11-6-4-10(5-7-11)9-20-15(21)13-12(8-17-20)14(23-2)19-16(18-13)24-3/h4-8H,9H2,1-3H3. The molecule has 0 aliphatic rings. The van der Waals surface area contributed by atoms with E-state index in [0.717, 1.165) is 16.3 Å². The highest BCUT2D eigenvalue weighted by Gasteiger charge is 2.12. The summed E-state index contributed by atoms with van der Waals surface area (Å²) in [5, 5.41) is 6.33. The van der Waals surface area contributed by atoms with Crippen molar-refractivity contribution in [1.82, 2.24) is 19.7 Å². The van der Waals surface area contributed by atoms with Gasteiger partial charge in [-0.1, -0.05) is 23.9 Å². The number of hydrogen-bond acceptors (Lipinski definition) is 7. The molecule has 0 saturated carbocycles. The minimum absolute atomic E-state index is 0.212. The third kappa shape index (κ3) is 3.25. The summed E-state index contributed by atoms with van der Waals surface area (Å²) in [6, 6.07) is 7.55. The predicted molar refractivity (Wildman–Crippen MR) is 97.3 cm³/mol. The summed E-state index contributed by atoms with van der Waals surface area (Å²) in [5.74, 6) is 0.777. The maximum absolute atomic E-state index is 12.8. The molecule has 3 aromatic rings. The fourth-order valence-corrected chi connectivity index (χ4v) is 3.24. The lowest BCUT2D eigenvalue weighted by Gasteiger charge is -2.09. The lowest BCUT2D eigenvalue weighted by atomic mass is 10.2. The summed E-state index contributed by atoms with van der Waals surface area (Å²) in [4.78, 5) is 21.6. The number of thioether (sulfide) groups is 2. The van der Waals surface area contributed by atoms with Crippen molar-refractivity contribution in [2.45, 2.75) is 16.7 Å². The van der Waals surface area contributed by atoms with E-state index in [0.29, 0.717) is 22.6 Å². The van der Waals surface area contributed by atoms with Crippen LogP contribution in [0.5, 0.6) is 5.75 Å². The molecule has 6 nitrogen and oxygen atoms in total. The first-order valence-electron chi connectivity index (χ1n) is 7.15. The number of ether oxygens (including phenoxy) is 1. The topological polar surface area (TPSA) is 69.9 Å². The molecule has 2 aromatic heterocycles. The monoisotopic (exact) mass is 360 g/mol. The second-order valence-corrected chi connectivity index (χ2v) is 6.51. The number of methoxy groups -OCH3 is 1. The summed E-state index contributed by atoms with van der Waals surface area (Å²) in [6.45, 7) is 0.381.